The third kappa shape index (κ3) is 2.63. The molecule has 2 N–H and O–H groups in total. The van der Waals surface area contributed by atoms with E-state index in [0.29, 0.717) is 21.9 Å². The molecule has 0 atom stereocenters. The minimum Gasteiger partial charge on any atom is -0.450 e. The van der Waals surface area contributed by atoms with Gasteiger partial charge in [0.05, 0.1) is 10.7 Å². The molecular weight excluding hydrogens is 424 g/mol. The van der Waals surface area contributed by atoms with E-state index < -0.39 is 0 Å². The van der Waals surface area contributed by atoms with Gasteiger partial charge in [0.1, 0.15) is 5.58 Å². The first-order chi connectivity index (χ1) is 9.97. The Morgan fingerprint density at radius 1 is 1.14 bits per heavy atom. The summed E-state index contributed by atoms with van der Waals surface area (Å²) in [7, 11) is 0. The molecule has 0 radical (unpaired) electrons. The van der Waals surface area contributed by atoms with Crippen LogP contribution in [0.15, 0.2) is 40.8 Å². The Bertz CT molecular complexity index is 873. The summed E-state index contributed by atoms with van der Waals surface area (Å²) in [6.45, 7) is 0. The zero-order valence-corrected chi connectivity index (χ0v) is 14.2. The molecular formula is C15H8Cl2INO2. The van der Waals surface area contributed by atoms with Gasteiger partial charge in [-0.3, -0.25) is 4.79 Å². The Balaban J connectivity index is 2.15. The number of benzene rings is 2. The van der Waals surface area contributed by atoms with Crippen molar-refractivity contribution in [2.45, 2.75) is 0 Å². The molecule has 0 aliphatic carbocycles. The smallest absolute Gasteiger partial charge is 0.231 e. The van der Waals surface area contributed by atoms with Gasteiger partial charge in [0, 0.05) is 19.5 Å². The maximum atomic E-state index is 12.6. The van der Waals surface area contributed by atoms with Gasteiger partial charge in [-0.25, -0.2) is 0 Å². The molecule has 3 rings (SSSR count). The van der Waals surface area contributed by atoms with Crippen LogP contribution in [-0.2, 0) is 0 Å². The first-order valence-corrected chi connectivity index (χ1v) is 7.78. The molecule has 0 aliphatic heterocycles. The fourth-order valence-corrected chi connectivity index (χ4v) is 3.04. The van der Waals surface area contributed by atoms with Crippen molar-refractivity contribution in [1.82, 2.24) is 0 Å². The van der Waals surface area contributed by atoms with E-state index >= 15 is 0 Å². The number of nitrogen functional groups attached to an aromatic ring is 1. The van der Waals surface area contributed by atoms with E-state index in [1.165, 1.54) is 6.07 Å². The fraction of sp³-hybridized carbons (Fsp3) is 0. The Hall–Kier alpha value is -1.24. The highest BCUT2D eigenvalue weighted by molar-refractivity contribution is 14.1. The quantitative estimate of drug-likeness (QED) is 0.450. The molecule has 6 heteroatoms. The van der Waals surface area contributed by atoms with Crippen LogP contribution in [0.4, 0.5) is 5.69 Å². The molecule has 3 nitrogen and oxygen atoms in total. The van der Waals surface area contributed by atoms with Crippen LogP contribution in [0.5, 0.6) is 0 Å². The van der Waals surface area contributed by atoms with Gasteiger partial charge in [0.2, 0.25) is 5.78 Å². The van der Waals surface area contributed by atoms with E-state index in [4.69, 9.17) is 33.4 Å². The molecule has 0 bridgehead atoms. The van der Waals surface area contributed by atoms with Crippen LogP contribution >= 0.6 is 45.8 Å². The second-order valence-corrected chi connectivity index (χ2v) is 6.53. The third-order valence-electron chi connectivity index (χ3n) is 3.07. The van der Waals surface area contributed by atoms with Gasteiger partial charge in [-0.2, -0.15) is 0 Å². The molecule has 21 heavy (non-hydrogen) atoms. The number of hydrogen-bond donors (Lipinski definition) is 1. The van der Waals surface area contributed by atoms with Gasteiger partial charge < -0.3 is 10.2 Å². The van der Waals surface area contributed by atoms with Gasteiger partial charge in [-0.15, -0.1) is 0 Å². The Kier molecular flexibility index (Phi) is 3.86. The number of carbonyl (C=O) groups excluding carboxylic acids is 1. The van der Waals surface area contributed by atoms with Crippen molar-refractivity contribution in [3.63, 3.8) is 0 Å². The number of fused-ring (bicyclic) bond motifs is 1. The highest BCUT2D eigenvalue weighted by Gasteiger charge is 2.22. The number of ketones is 1. The van der Waals surface area contributed by atoms with Gasteiger partial charge >= 0.3 is 0 Å². The standard InChI is InChI=1S/C15H8Cl2INO2/c16-7-1-3-9(11(17)5-7)14(20)15-13(19)10-6-8(18)2-4-12(10)21-15/h1-6H,19H2. The SMILES string of the molecule is Nc1c(C(=O)c2ccc(Cl)cc2Cl)oc2ccc(I)cc12. The van der Waals surface area contributed by atoms with Crippen LogP contribution in [0.25, 0.3) is 11.0 Å². The van der Waals surface area contributed by atoms with E-state index in [1.54, 1.807) is 18.2 Å². The van der Waals surface area contributed by atoms with Crippen LogP contribution in [0, 0.1) is 3.57 Å². The zero-order valence-electron chi connectivity index (χ0n) is 10.5. The molecule has 1 aromatic heterocycles. The van der Waals surface area contributed by atoms with Crippen molar-refractivity contribution in [3.8, 4) is 0 Å². The van der Waals surface area contributed by atoms with Crippen molar-refractivity contribution in [3.05, 3.63) is 61.3 Å². The molecule has 0 saturated heterocycles. The maximum Gasteiger partial charge on any atom is 0.231 e. The molecule has 0 fully saturated rings. The number of nitrogens with two attached hydrogens (primary N) is 1. The van der Waals surface area contributed by atoms with E-state index in [2.05, 4.69) is 22.6 Å². The van der Waals surface area contributed by atoms with Crippen LogP contribution in [0.2, 0.25) is 10.0 Å². The number of furan rings is 1. The van der Waals surface area contributed by atoms with Crippen LogP contribution in [-0.4, -0.2) is 5.78 Å². The first kappa shape index (κ1) is 14.7. The summed E-state index contributed by atoms with van der Waals surface area (Å²) in [6, 6.07) is 10.2. The summed E-state index contributed by atoms with van der Waals surface area (Å²) < 4.78 is 6.60. The fourth-order valence-electron chi connectivity index (χ4n) is 2.05. The summed E-state index contributed by atoms with van der Waals surface area (Å²) in [6.07, 6.45) is 0. The van der Waals surface area contributed by atoms with Crippen molar-refractivity contribution >= 4 is 68.2 Å². The predicted molar refractivity (Wildman–Crippen MR) is 93.2 cm³/mol. The topological polar surface area (TPSA) is 56.2 Å². The summed E-state index contributed by atoms with van der Waals surface area (Å²) in [5.74, 6) is -0.267. The molecule has 0 amide bonds. The second-order valence-electron chi connectivity index (χ2n) is 4.44. The van der Waals surface area contributed by atoms with E-state index in [9.17, 15) is 4.79 Å². The van der Waals surface area contributed by atoms with Crippen LogP contribution < -0.4 is 5.73 Å². The molecule has 0 spiro atoms. The Labute approximate surface area is 144 Å². The van der Waals surface area contributed by atoms with Crippen molar-refractivity contribution in [2.75, 3.05) is 5.73 Å². The average molecular weight is 432 g/mol. The van der Waals surface area contributed by atoms with Crippen molar-refractivity contribution in [1.29, 1.82) is 0 Å². The highest BCUT2D eigenvalue weighted by Crippen LogP contribution is 2.32. The van der Waals surface area contributed by atoms with Crippen LogP contribution in [0.3, 0.4) is 0 Å². The van der Waals surface area contributed by atoms with E-state index in [1.807, 2.05) is 12.1 Å². The normalized spacial score (nSPS) is 11.0. The maximum absolute atomic E-state index is 12.6. The molecule has 2 aromatic carbocycles. The lowest BCUT2D eigenvalue weighted by molar-refractivity contribution is 0.101. The molecule has 3 aromatic rings. The zero-order chi connectivity index (χ0) is 15.1. The van der Waals surface area contributed by atoms with Gasteiger partial charge in [-0.05, 0) is 59.0 Å². The lowest BCUT2D eigenvalue weighted by Crippen LogP contribution is -2.03. The van der Waals surface area contributed by atoms with Crippen molar-refractivity contribution in [2.24, 2.45) is 0 Å². The lowest BCUT2D eigenvalue weighted by atomic mass is 10.1. The predicted octanol–water partition coefficient (Wildman–Crippen LogP) is 5.16. The van der Waals surface area contributed by atoms with Gasteiger partial charge in [0.15, 0.2) is 5.76 Å². The Morgan fingerprint density at radius 2 is 1.90 bits per heavy atom. The van der Waals surface area contributed by atoms with Crippen molar-refractivity contribution < 1.29 is 9.21 Å². The molecule has 1 heterocycles. The summed E-state index contributed by atoms with van der Waals surface area (Å²) in [5, 5.41) is 1.45. The lowest BCUT2D eigenvalue weighted by Gasteiger charge is -2.02. The minimum absolute atomic E-state index is 0.0937. The number of hydrogen-bond acceptors (Lipinski definition) is 3. The number of rotatable bonds is 2. The number of anilines is 1. The van der Waals surface area contributed by atoms with Crippen LogP contribution in [0.1, 0.15) is 16.1 Å². The average Bonchev–Trinajstić information content (AvgIpc) is 2.75. The van der Waals surface area contributed by atoms with Gasteiger partial charge in [0.25, 0.3) is 0 Å². The molecule has 0 unspecified atom stereocenters. The summed E-state index contributed by atoms with van der Waals surface area (Å²) in [4.78, 5) is 12.6. The summed E-state index contributed by atoms with van der Waals surface area (Å²) >= 11 is 14.1. The largest absolute Gasteiger partial charge is 0.450 e. The number of carbonyl (C=O) groups is 1. The van der Waals surface area contributed by atoms with E-state index in [-0.39, 0.29) is 16.6 Å². The minimum atomic E-state index is -0.361. The summed E-state index contributed by atoms with van der Waals surface area (Å²) in [5.41, 5.74) is 7.24. The highest BCUT2D eigenvalue weighted by atomic mass is 127. The molecule has 0 aliphatic rings. The Morgan fingerprint density at radius 3 is 2.62 bits per heavy atom. The molecule has 0 saturated carbocycles. The second kappa shape index (κ2) is 5.51. The third-order valence-corrected chi connectivity index (χ3v) is 4.29. The number of halogens is 3. The molecule has 106 valence electrons. The monoisotopic (exact) mass is 431 g/mol. The van der Waals surface area contributed by atoms with E-state index in [0.717, 1.165) is 8.96 Å². The van der Waals surface area contributed by atoms with Gasteiger partial charge in [-0.1, -0.05) is 23.2 Å². The first-order valence-electron chi connectivity index (χ1n) is 5.94.